The Morgan fingerprint density at radius 2 is 1.88 bits per heavy atom. The van der Waals surface area contributed by atoms with Gasteiger partial charge in [0.25, 0.3) is 5.56 Å². The van der Waals surface area contributed by atoms with Crippen LogP contribution in [-0.4, -0.2) is 16.5 Å². The van der Waals surface area contributed by atoms with Crippen LogP contribution in [0, 0.1) is 13.8 Å². The van der Waals surface area contributed by atoms with Crippen molar-refractivity contribution in [2.75, 3.05) is 11.4 Å². The number of aryl methyl sites for hydroxylation is 2. The molecule has 4 heteroatoms. The van der Waals surface area contributed by atoms with E-state index in [1.807, 2.05) is 29.2 Å². The molecular formula is C20H23N3O. The van der Waals surface area contributed by atoms with Crippen LogP contribution in [0.15, 0.2) is 47.3 Å². The molecular weight excluding hydrogens is 298 g/mol. The molecule has 0 unspecified atom stereocenters. The van der Waals surface area contributed by atoms with Gasteiger partial charge >= 0.3 is 0 Å². The van der Waals surface area contributed by atoms with Crippen LogP contribution < -0.4 is 10.5 Å². The number of H-pyrrole nitrogens is 1. The van der Waals surface area contributed by atoms with Crippen LogP contribution in [0.25, 0.3) is 11.0 Å². The Morgan fingerprint density at radius 3 is 2.62 bits per heavy atom. The van der Waals surface area contributed by atoms with Gasteiger partial charge in [-0.15, -0.1) is 0 Å². The number of unbranched alkanes of at least 4 members (excludes halogenated alkanes) is 1. The molecule has 24 heavy (non-hydrogen) atoms. The molecule has 1 aromatic heterocycles. The van der Waals surface area contributed by atoms with E-state index in [2.05, 4.69) is 48.9 Å². The summed E-state index contributed by atoms with van der Waals surface area (Å²) in [5.74, 6) is 0.463. The van der Waals surface area contributed by atoms with E-state index >= 15 is 0 Å². The summed E-state index contributed by atoms with van der Waals surface area (Å²) in [4.78, 5) is 22.2. The van der Waals surface area contributed by atoms with E-state index in [0.29, 0.717) is 5.82 Å². The summed E-state index contributed by atoms with van der Waals surface area (Å²) in [5.41, 5.74) is 4.89. The molecule has 0 aliphatic heterocycles. The fourth-order valence-electron chi connectivity index (χ4n) is 2.77. The Bertz CT molecular complexity index is 914. The second-order valence-electron chi connectivity index (χ2n) is 6.18. The molecule has 0 amide bonds. The lowest BCUT2D eigenvalue weighted by Gasteiger charge is -2.24. The van der Waals surface area contributed by atoms with Crippen molar-refractivity contribution < 1.29 is 0 Å². The molecule has 1 heterocycles. The Hall–Kier alpha value is -2.62. The molecule has 0 saturated carbocycles. The van der Waals surface area contributed by atoms with Gasteiger partial charge in [-0.05, 0) is 55.7 Å². The summed E-state index contributed by atoms with van der Waals surface area (Å²) in [6, 6.07) is 13.9. The lowest BCUT2D eigenvalue weighted by Crippen LogP contribution is -2.27. The second-order valence-corrected chi connectivity index (χ2v) is 6.18. The van der Waals surface area contributed by atoms with Gasteiger partial charge in [-0.2, -0.15) is 0 Å². The molecule has 1 N–H and O–H groups in total. The van der Waals surface area contributed by atoms with Crippen molar-refractivity contribution in [3.8, 4) is 0 Å². The van der Waals surface area contributed by atoms with Gasteiger partial charge in [0.05, 0.1) is 11.0 Å². The maximum Gasteiger partial charge on any atom is 0.291 e. The van der Waals surface area contributed by atoms with Crippen molar-refractivity contribution in [2.24, 2.45) is 0 Å². The van der Waals surface area contributed by atoms with Gasteiger partial charge in [-0.25, -0.2) is 4.98 Å². The van der Waals surface area contributed by atoms with Gasteiger partial charge in [0.15, 0.2) is 5.82 Å². The average Bonchev–Trinajstić information content (AvgIpc) is 2.58. The summed E-state index contributed by atoms with van der Waals surface area (Å²) in [7, 11) is 0. The third-order valence-electron chi connectivity index (χ3n) is 4.37. The van der Waals surface area contributed by atoms with Crippen molar-refractivity contribution in [3.63, 3.8) is 0 Å². The van der Waals surface area contributed by atoms with E-state index in [1.54, 1.807) is 0 Å². The first-order valence-electron chi connectivity index (χ1n) is 8.44. The fraction of sp³-hybridized carbons (Fsp3) is 0.300. The van der Waals surface area contributed by atoms with E-state index in [0.717, 1.165) is 36.1 Å². The number of rotatable bonds is 5. The van der Waals surface area contributed by atoms with E-state index in [-0.39, 0.29) is 5.56 Å². The molecule has 3 rings (SSSR count). The Kier molecular flexibility index (Phi) is 4.65. The normalized spacial score (nSPS) is 11.0. The number of aromatic amines is 1. The monoisotopic (exact) mass is 321 g/mol. The van der Waals surface area contributed by atoms with Crippen molar-refractivity contribution in [3.05, 3.63) is 63.9 Å². The Labute approximate surface area is 142 Å². The predicted molar refractivity (Wildman–Crippen MR) is 100 cm³/mol. The van der Waals surface area contributed by atoms with E-state index in [9.17, 15) is 4.79 Å². The van der Waals surface area contributed by atoms with Gasteiger partial charge in [-0.3, -0.25) is 4.79 Å². The number of nitrogens with zero attached hydrogens (tertiary/aromatic N) is 2. The Balaban J connectivity index is 2.13. The molecule has 0 radical (unpaired) electrons. The van der Waals surface area contributed by atoms with Gasteiger partial charge in [0.2, 0.25) is 0 Å². The number of hydrogen-bond donors (Lipinski definition) is 1. The Morgan fingerprint density at radius 1 is 1.08 bits per heavy atom. The zero-order valence-electron chi connectivity index (χ0n) is 14.5. The summed E-state index contributed by atoms with van der Waals surface area (Å²) in [6.45, 7) is 7.11. The molecule has 0 bridgehead atoms. The van der Waals surface area contributed by atoms with Crippen molar-refractivity contribution in [1.29, 1.82) is 0 Å². The summed E-state index contributed by atoms with van der Waals surface area (Å²) in [6.07, 6.45) is 2.06. The first kappa shape index (κ1) is 16.2. The van der Waals surface area contributed by atoms with Gasteiger partial charge in [0, 0.05) is 12.2 Å². The highest BCUT2D eigenvalue weighted by molar-refractivity contribution is 5.76. The number of aromatic nitrogens is 2. The minimum atomic E-state index is -0.150. The summed E-state index contributed by atoms with van der Waals surface area (Å²) < 4.78 is 0. The first-order valence-corrected chi connectivity index (χ1v) is 8.44. The van der Waals surface area contributed by atoms with Crippen molar-refractivity contribution in [1.82, 2.24) is 9.97 Å². The standard InChI is InChI=1S/C20H23N3O/c1-4-5-12-23(16-11-10-14(2)15(3)13-16)19-20(24)22-18-9-7-6-8-17(18)21-19/h6-11,13H,4-5,12H2,1-3H3,(H,22,24). The van der Waals surface area contributed by atoms with Gasteiger partial charge in [-0.1, -0.05) is 31.5 Å². The molecule has 0 spiro atoms. The van der Waals surface area contributed by atoms with Crippen LogP contribution in [0.2, 0.25) is 0 Å². The zero-order valence-corrected chi connectivity index (χ0v) is 14.5. The van der Waals surface area contributed by atoms with Gasteiger partial charge in [0.1, 0.15) is 0 Å². The molecule has 124 valence electrons. The van der Waals surface area contributed by atoms with E-state index in [4.69, 9.17) is 0 Å². The largest absolute Gasteiger partial charge is 0.322 e. The summed E-state index contributed by atoms with van der Waals surface area (Å²) in [5, 5.41) is 0. The highest BCUT2D eigenvalue weighted by Crippen LogP contribution is 2.25. The van der Waals surface area contributed by atoms with Crippen LogP contribution in [0.4, 0.5) is 11.5 Å². The highest BCUT2D eigenvalue weighted by Gasteiger charge is 2.16. The number of fused-ring (bicyclic) bond motifs is 1. The van der Waals surface area contributed by atoms with Crippen LogP contribution in [0.5, 0.6) is 0 Å². The molecule has 0 aliphatic carbocycles. The van der Waals surface area contributed by atoms with Gasteiger partial charge < -0.3 is 9.88 Å². The molecule has 3 aromatic rings. The fourth-order valence-corrected chi connectivity index (χ4v) is 2.77. The van der Waals surface area contributed by atoms with Crippen LogP contribution in [0.3, 0.4) is 0 Å². The molecule has 2 aromatic carbocycles. The third kappa shape index (κ3) is 3.18. The van der Waals surface area contributed by atoms with Crippen molar-refractivity contribution >= 4 is 22.5 Å². The highest BCUT2D eigenvalue weighted by atomic mass is 16.1. The molecule has 0 saturated heterocycles. The molecule has 0 aliphatic rings. The zero-order chi connectivity index (χ0) is 17.1. The van der Waals surface area contributed by atoms with E-state index in [1.165, 1.54) is 11.1 Å². The molecule has 4 nitrogen and oxygen atoms in total. The minimum absolute atomic E-state index is 0.150. The number of benzene rings is 2. The number of hydrogen-bond acceptors (Lipinski definition) is 3. The maximum atomic E-state index is 12.6. The molecule has 0 atom stereocenters. The number of nitrogens with one attached hydrogen (secondary N) is 1. The lowest BCUT2D eigenvalue weighted by molar-refractivity contribution is 0.777. The van der Waals surface area contributed by atoms with Crippen LogP contribution in [0.1, 0.15) is 30.9 Å². The SMILES string of the molecule is CCCCN(c1ccc(C)c(C)c1)c1nc2ccccc2[nH]c1=O. The number of para-hydroxylation sites is 2. The average molecular weight is 321 g/mol. The maximum absolute atomic E-state index is 12.6. The quantitative estimate of drug-likeness (QED) is 0.754. The van der Waals surface area contributed by atoms with Crippen molar-refractivity contribution in [2.45, 2.75) is 33.6 Å². The predicted octanol–water partition coefficient (Wildman–Crippen LogP) is 4.48. The third-order valence-corrected chi connectivity index (χ3v) is 4.37. The minimum Gasteiger partial charge on any atom is -0.322 e. The smallest absolute Gasteiger partial charge is 0.291 e. The topological polar surface area (TPSA) is 49.0 Å². The van der Waals surface area contributed by atoms with E-state index < -0.39 is 0 Å². The first-order chi connectivity index (χ1) is 11.6. The van der Waals surface area contributed by atoms with Crippen LogP contribution >= 0.6 is 0 Å². The lowest BCUT2D eigenvalue weighted by atomic mass is 10.1. The summed E-state index contributed by atoms with van der Waals surface area (Å²) >= 11 is 0. The number of anilines is 2. The van der Waals surface area contributed by atoms with Crippen LogP contribution in [-0.2, 0) is 0 Å². The second kappa shape index (κ2) is 6.87. The molecule has 0 fully saturated rings.